The van der Waals surface area contributed by atoms with Crippen LogP contribution in [0.2, 0.25) is 0 Å². The molecule has 18 heteroatoms. The molecule has 2 saturated carbocycles. The van der Waals surface area contributed by atoms with Crippen molar-refractivity contribution in [3.63, 3.8) is 0 Å². The van der Waals surface area contributed by atoms with Crippen molar-refractivity contribution >= 4 is 35.2 Å². The van der Waals surface area contributed by atoms with Gasteiger partial charge in [-0.25, -0.2) is 9.97 Å². The predicted octanol–water partition coefficient (Wildman–Crippen LogP) is 3.01. The summed E-state index contributed by atoms with van der Waals surface area (Å²) >= 11 is 0. The summed E-state index contributed by atoms with van der Waals surface area (Å²) in [6, 6.07) is 7.10. The van der Waals surface area contributed by atoms with Gasteiger partial charge in [0.15, 0.2) is 11.6 Å². The average molecular weight is 859 g/mol. The molecule has 4 amide bonds. The molecule has 1 aromatic heterocycles. The van der Waals surface area contributed by atoms with Gasteiger partial charge in [-0.1, -0.05) is 0 Å². The van der Waals surface area contributed by atoms with E-state index in [2.05, 4.69) is 31.2 Å². The summed E-state index contributed by atoms with van der Waals surface area (Å²) in [6.07, 6.45) is 7.14. The lowest BCUT2D eigenvalue weighted by molar-refractivity contribution is 0.0889. The molecule has 8 N–H and O–H groups in total. The van der Waals surface area contributed by atoms with E-state index in [9.17, 15) is 28.8 Å². The van der Waals surface area contributed by atoms with Crippen LogP contribution in [0.1, 0.15) is 127 Å². The summed E-state index contributed by atoms with van der Waals surface area (Å²) < 4.78 is 21.6. The highest BCUT2D eigenvalue weighted by Gasteiger charge is 2.30. The zero-order valence-electron chi connectivity index (χ0n) is 35.8. The predicted molar refractivity (Wildman–Crippen MR) is 228 cm³/mol. The Balaban J connectivity index is 1.09. The number of hydrogen-bond donors (Lipinski definition) is 6. The van der Waals surface area contributed by atoms with Gasteiger partial charge in [0.1, 0.15) is 40.7 Å². The van der Waals surface area contributed by atoms with Gasteiger partial charge in [0.2, 0.25) is 0 Å². The molecule has 0 radical (unpaired) electrons. The monoisotopic (exact) mass is 858 g/mol. The normalized spacial score (nSPS) is 18.4. The van der Waals surface area contributed by atoms with Crippen molar-refractivity contribution in [1.82, 2.24) is 31.2 Å². The van der Waals surface area contributed by atoms with E-state index >= 15 is 0 Å². The number of aromatic nitrogens is 2. The van der Waals surface area contributed by atoms with Gasteiger partial charge in [0, 0.05) is 63.2 Å². The summed E-state index contributed by atoms with van der Waals surface area (Å²) in [5, 5.41) is 11.5. The minimum atomic E-state index is -0.422. The minimum Gasteiger partial charge on any atom is -0.496 e. The van der Waals surface area contributed by atoms with Gasteiger partial charge in [-0.15, -0.1) is 0 Å². The van der Waals surface area contributed by atoms with Crippen LogP contribution in [-0.4, -0.2) is 112 Å². The molecule has 0 bridgehead atoms. The van der Waals surface area contributed by atoms with Crippen molar-refractivity contribution in [2.24, 2.45) is 23.3 Å². The second-order valence-electron chi connectivity index (χ2n) is 15.5. The lowest BCUT2D eigenvalue weighted by Crippen LogP contribution is -2.38. The van der Waals surface area contributed by atoms with Crippen LogP contribution in [0.5, 0.6) is 23.0 Å². The second kappa shape index (κ2) is 22.6. The highest BCUT2D eigenvalue weighted by molar-refractivity contribution is 6.04. The van der Waals surface area contributed by atoms with E-state index in [1.54, 1.807) is 0 Å². The number of carbonyl (C=O) groups excluding carboxylic acids is 6. The Kier molecular flexibility index (Phi) is 17.1. The number of nitrogens with two attached hydrogens (primary N) is 2. The van der Waals surface area contributed by atoms with E-state index in [-0.39, 0.29) is 143 Å². The van der Waals surface area contributed by atoms with E-state index < -0.39 is 11.8 Å². The molecule has 2 aliphatic rings. The van der Waals surface area contributed by atoms with Crippen molar-refractivity contribution in [3.05, 3.63) is 70.3 Å². The van der Waals surface area contributed by atoms with Crippen LogP contribution in [-0.2, 0) is 0 Å². The third-order valence-electron chi connectivity index (χ3n) is 11.4. The molecule has 5 rings (SSSR count). The summed E-state index contributed by atoms with van der Waals surface area (Å²) in [5.41, 5.74) is 12.2. The zero-order valence-corrected chi connectivity index (χ0v) is 35.8. The summed E-state index contributed by atoms with van der Waals surface area (Å²) in [5.74, 6) is -0.773. The Morgan fingerprint density at radius 3 is 1.18 bits per heavy atom. The van der Waals surface area contributed by atoms with Crippen LogP contribution in [0.4, 0.5) is 0 Å². The van der Waals surface area contributed by atoms with Crippen molar-refractivity contribution < 1.29 is 47.7 Å². The smallest absolute Gasteiger partial charge is 0.255 e. The topological polar surface area (TPSA) is 265 Å². The fraction of sp³-hybridized carbons (Fsp3) is 0.500. The first-order chi connectivity index (χ1) is 29.9. The number of ether oxygens (including phenoxy) is 4. The van der Waals surface area contributed by atoms with Crippen LogP contribution < -0.4 is 51.7 Å². The number of Topliss-reactive ketones (excluding diaryl/α,β-unsaturated/α-hetero) is 2. The van der Waals surface area contributed by atoms with Crippen LogP contribution >= 0.6 is 0 Å². The van der Waals surface area contributed by atoms with Crippen molar-refractivity contribution in [2.45, 2.75) is 76.3 Å². The number of nitrogens with zero attached hydrogens (tertiary/aromatic N) is 2. The SMILES string of the molecule is COc1cc(OC)c(C(=O)NC2CCC(CC(=O)c3cc(C(=O)CC4CCC(NC(=O)c5cc(C(=O)NCCN)c(OC)cc5OC)CC4)ncn3)CC2)cc1C(=O)NCCN. The molecule has 0 spiro atoms. The van der Waals surface area contributed by atoms with Crippen LogP contribution in [0, 0.1) is 11.8 Å². The van der Waals surface area contributed by atoms with Gasteiger partial charge in [0.05, 0.1) is 50.7 Å². The fourth-order valence-corrected chi connectivity index (χ4v) is 8.01. The molecule has 2 aliphatic carbocycles. The molecule has 3 aromatic rings. The first-order valence-electron chi connectivity index (χ1n) is 20.9. The number of benzene rings is 2. The maximum Gasteiger partial charge on any atom is 0.255 e. The number of methoxy groups -OCH3 is 4. The van der Waals surface area contributed by atoms with Gasteiger partial charge in [0.25, 0.3) is 23.6 Å². The minimum absolute atomic E-state index is 0.0718. The van der Waals surface area contributed by atoms with Crippen molar-refractivity contribution in [3.8, 4) is 23.0 Å². The lowest BCUT2D eigenvalue weighted by atomic mass is 9.82. The first kappa shape index (κ1) is 46.9. The number of carbonyl (C=O) groups is 6. The van der Waals surface area contributed by atoms with E-state index in [0.717, 1.165) is 0 Å². The molecule has 2 aromatic carbocycles. The summed E-state index contributed by atoms with van der Waals surface area (Å²) in [7, 11) is 5.73. The summed E-state index contributed by atoms with van der Waals surface area (Å²) in [4.78, 5) is 87.5. The van der Waals surface area contributed by atoms with E-state index in [1.165, 1.54) is 65.1 Å². The number of nitrogens with one attached hydrogen (secondary N) is 4. The Bertz CT molecular complexity index is 1950. The average Bonchev–Trinajstić information content (AvgIpc) is 3.30. The number of rotatable bonds is 20. The molecular formula is C44H58N8O10. The molecule has 0 saturated heterocycles. The first-order valence-corrected chi connectivity index (χ1v) is 20.9. The Morgan fingerprint density at radius 2 is 0.855 bits per heavy atom. The molecule has 18 nitrogen and oxygen atoms in total. The highest BCUT2D eigenvalue weighted by atomic mass is 16.5. The Labute approximate surface area is 360 Å². The van der Waals surface area contributed by atoms with E-state index in [1.807, 2.05) is 0 Å². The van der Waals surface area contributed by atoms with Crippen molar-refractivity contribution in [1.29, 1.82) is 0 Å². The number of hydrogen-bond acceptors (Lipinski definition) is 14. The molecule has 62 heavy (non-hydrogen) atoms. The standard InChI is InChI=1S/C44H58N8O10/c1-59-37-22-39(61-3)31(19-29(37)41(55)47-15-13-45)43(57)51-27-9-5-25(6-10-27)17-35(53)33-21-34(50-24-49-33)36(54)18-26-7-11-28(12-8-26)52-44(58)32-20-30(42(56)48-16-14-46)38(60-2)23-40(32)62-4/h19-28H,5-18,45-46H2,1-4H3,(H,47,55)(H,48,56)(H,51,57)(H,52,58). The zero-order chi connectivity index (χ0) is 44.8. The van der Waals surface area contributed by atoms with E-state index in [4.69, 9.17) is 30.4 Å². The van der Waals surface area contributed by atoms with Gasteiger partial charge >= 0.3 is 0 Å². The van der Waals surface area contributed by atoms with Gasteiger partial charge in [-0.05, 0) is 81.4 Å². The number of ketones is 2. The highest BCUT2D eigenvalue weighted by Crippen LogP contribution is 2.33. The lowest BCUT2D eigenvalue weighted by Gasteiger charge is -2.29. The largest absolute Gasteiger partial charge is 0.496 e. The van der Waals surface area contributed by atoms with Gasteiger partial charge in [-0.3, -0.25) is 28.8 Å². The van der Waals surface area contributed by atoms with Crippen LogP contribution in [0.3, 0.4) is 0 Å². The fourth-order valence-electron chi connectivity index (χ4n) is 8.01. The summed E-state index contributed by atoms with van der Waals surface area (Å²) in [6.45, 7) is 1.04. The molecule has 0 aliphatic heterocycles. The third-order valence-corrected chi connectivity index (χ3v) is 11.4. The van der Waals surface area contributed by atoms with E-state index in [0.29, 0.717) is 51.4 Å². The molecule has 334 valence electrons. The van der Waals surface area contributed by atoms with Crippen LogP contribution in [0.25, 0.3) is 0 Å². The van der Waals surface area contributed by atoms with Crippen molar-refractivity contribution in [2.75, 3.05) is 54.6 Å². The molecule has 0 atom stereocenters. The van der Waals surface area contributed by atoms with Crippen LogP contribution in [0.15, 0.2) is 36.7 Å². The Morgan fingerprint density at radius 1 is 0.516 bits per heavy atom. The van der Waals surface area contributed by atoms with Gasteiger partial charge in [-0.2, -0.15) is 0 Å². The maximum absolute atomic E-state index is 13.4. The molecule has 2 fully saturated rings. The molecular weight excluding hydrogens is 801 g/mol. The third kappa shape index (κ3) is 12.0. The maximum atomic E-state index is 13.4. The Hall–Kier alpha value is -6.14. The van der Waals surface area contributed by atoms with Gasteiger partial charge < -0.3 is 51.7 Å². The molecule has 0 unspecified atom stereocenters. The number of amides is 4. The quantitative estimate of drug-likeness (QED) is 0.0893. The second-order valence-corrected chi connectivity index (χ2v) is 15.5. The molecule has 1 heterocycles.